The largest absolute Gasteiger partial charge is 0.467 e. The van der Waals surface area contributed by atoms with Gasteiger partial charge in [-0.1, -0.05) is 0 Å². The number of nitrogens with zero attached hydrogens (tertiary/aromatic N) is 2. The van der Waals surface area contributed by atoms with Gasteiger partial charge >= 0.3 is 11.9 Å². The lowest BCUT2D eigenvalue weighted by Crippen LogP contribution is -2.36. The topological polar surface area (TPSA) is 59.1 Å². The predicted octanol–water partition coefficient (Wildman–Crippen LogP) is 1.09. The van der Waals surface area contributed by atoms with E-state index < -0.39 is 0 Å². The number of carbonyl (C=O) groups is 2. The first-order chi connectivity index (χ1) is 10.6. The molecule has 0 aromatic heterocycles. The Kier molecular flexibility index (Phi) is 4.21. The number of allylic oxidation sites excluding steroid dienone is 2. The fourth-order valence-electron chi connectivity index (χ4n) is 3.63. The van der Waals surface area contributed by atoms with Crippen LogP contribution in [0.4, 0.5) is 0 Å². The summed E-state index contributed by atoms with van der Waals surface area (Å²) in [5.41, 5.74) is 1.95. The second-order valence-corrected chi connectivity index (χ2v) is 6.32. The van der Waals surface area contributed by atoms with E-state index in [1.54, 1.807) is 0 Å². The molecule has 0 bridgehead atoms. The van der Waals surface area contributed by atoms with E-state index in [0.29, 0.717) is 0 Å². The molecule has 122 valence electrons. The van der Waals surface area contributed by atoms with Gasteiger partial charge in [0.15, 0.2) is 0 Å². The summed E-state index contributed by atoms with van der Waals surface area (Å²) in [4.78, 5) is 27.9. The van der Waals surface area contributed by atoms with Gasteiger partial charge in [0, 0.05) is 13.1 Å². The summed E-state index contributed by atoms with van der Waals surface area (Å²) in [5.74, 6) is -0.433. The maximum Gasteiger partial charge on any atom is 0.328 e. The Morgan fingerprint density at radius 1 is 0.955 bits per heavy atom. The summed E-state index contributed by atoms with van der Waals surface area (Å²) < 4.78 is 9.76. The highest BCUT2D eigenvalue weighted by Crippen LogP contribution is 2.47. The maximum absolute atomic E-state index is 11.9. The molecule has 2 aliphatic heterocycles. The smallest absolute Gasteiger partial charge is 0.328 e. The van der Waals surface area contributed by atoms with Crippen LogP contribution in [0, 0.1) is 0 Å². The lowest BCUT2D eigenvalue weighted by Gasteiger charge is -2.23. The van der Waals surface area contributed by atoms with Crippen LogP contribution in [0.5, 0.6) is 0 Å². The third-order valence-electron chi connectivity index (χ3n) is 4.73. The van der Waals surface area contributed by atoms with Gasteiger partial charge in [-0.15, -0.1) is 11.6 Å². The zero-order chi connectivity index (χ0) is 15.9. The minimum absolute atomic E-state index is 0.212. The molecule has 0 saturated carbocycles. The van der Waals surface area contributed by atoms with Gasteiger partial charge < -0.3 is 19.3 Å². The number of halogens is 1. The second kappa shape index (κ2) is 5.99. The molecule has 0 aromatic carbocycles. The van der Waals surface area contributed by atoms with Crippen molar-refractivity contribution in [1.82, 2.24) is 9.80 Å². The Morgan fingerprint density at radius 2 is 1.36 bits per heavy atom. The highest BCUT2D eigenvalue weighted by molar-refractivity contribution is 6.27. The van der Waals surface area contributed by atoms with Crippen molar-refractivity contribution in [2.45, 2.75) is 43.1 Å². The number of methoxy groups -OCH3 is 2. The SMILES string of the molecule is COC(=O)[C@@H]1CCCN1C1=C(N2CCC[C@H]2C(=O)OC)C1Cl. The molecule has 2 atom stereocenters. The van der Waals surface area contributed by atoms with Gasteiger partial charge in [-0.25, -0.2) is 9.59 Å². The maximum atomic E-state index is 11.9. The van der Waals surface area contributed by atoms with Gasteiger partial charge in [0.1, 0.15) is 17.5 Å². The molecule has 2 fully saturated rings. The minimum Gasteiger partial charge on any atom is -0.467 e. The molecule has 0 aromatic rings. The van der Waals surface area contributed by atoms with E-state index in [1.807, 2.05) is 9.80 Å². The molecule has 6 nitrogen and oxygen atoms in total. The van der Waals surface area contributed by atoms with Gasteiger partial charge in [0.05, 0.1) is 25.6 Å². The first-order valence-electron chi connectivity index (χ1n) is 7.67. The van der Waals surface area contributed by atoms with Gasteiger partial charge in [0.25, 0.3) is 0 Å². The zero-order valence-corrected chi connectivity index (χ0v) is 13.6. The van der Waals surface area contributed by atoms with Gasteiger partial charge in [-0.3, -0.25) is 0 Å². The Morgan fingerprint density at radius 3 is 1.73 bits per heavy atom. The standard InChI is InChI=1S/C15H21ClN2O4/c1-21-14(19)9-5-3-7-17(9)12-11(16)13(12)18-8-4-6-10(18)15(20)22-2/h9-11H,3-8H2,1-2H3/t9-,10-/m0/s1. The summed E-state index contributed by atoms with van der Waals surface area (Å²) in [7, 11) is 2.82. The summed E-state index contributed by atoms with van der Waals surface area (Å²) in [6, 6.07) is -0.504. The van der Waals surface area contributed by atoms with Crippen molar-refractivity contribution in [2.75, 3.05) is 27.3 Å². The molecule has 0 unspecified atom stereocenters. The van der Waals surface area contributed by atoms with E-state index in [4.69, 9.17) is 21.1 Å². The Labute approximate surface area is 135 Å². The third kappa shape index (κ3) is 2.43. The van der Waals surface area contributed by atoms with Crippen LogP contribution in [-0.4, -0.2) is 66.5 Å². The van der Waals surface area contributed by atoms with E-state index in [2.05, 4.69) is 0 Å². The normalized spacial score (nSPS) is 28.3. The number of carbonyl (C=O) groups excluding carboxylic acids is 2. The van der Waals surface area contributed by atoms with Crippen LogP contribution < -0.4 is 0 Å². The average molecular weight is 329 g/mol. The fraction of sp³-hybridized carbons (Fsp3) is 0.733. The molecule has 0 spiro atoms. The van der Waals surface area contributed by atoms with Gasteiger partial charge in [0.2, 0.25) is 0 Å². The molecule has 0 radical (unpaired) electrons. The van der Waals surface area contributed by atoms with Crippen molar-refractivity contribution < 1.29 is 19.1 Å². The predicted molar refractivity (Wildman–Crippen MR) is 80.2 cm³/mol. The first kappa shape index (κ1) is 15.5. The second-order valence-electron chi connectivity index (χ2n) is 5.88. The molecule has 3 aliphatic rings. The van der Waals surface area contributed by atoms with E-state index in [-0.39, 0.29) is 29.4 Å². The van der Waals surface area contributed by atoms with Crippen LogP contribution in [0.2, 0.25) is 0 Å². The molecule has 3 rings (SSSR count). The van der Waals surface area contributed by atoms with Crippen LogP contribution in [0.3, 0.4) is 0 Å². The minimum atomic E-state index is -0.252. The van der Waals surface area contributed by atoms with Crippen molar-refractivity contribution in [3.05, 3.63) is 11.4 Å². The number of ether oxygens (including phenoxy) is 2. The number of alkyl halides is 1. The fourth-order valence-corrected chi connectivity index (χ4v) is 4.04. The quantitative estimate of drug-likeness (QED) is 0.569. The van der Waals surface area contributed by atoms with E-state index in [0.717, 1.165) is 50.2 Å². The Bertz CT molecular complexity index is 478. The summed E-state index contributed by atoms with van der Waals surface area (Å²) in [6.07, 6.45) is 3.46. The van der Waals surface area contributed by atoms with E-state index in [9.17, 15) is 9.59 Å². The number of esters is 2. The Hall–Kier alpha value is -1.43. The number of hydrogen-bond donors (Lipinski definition) is 0. The lowest BCUT2D eigenvalue weighted by molar-refractivity contribution is -0.146. The number of likely N-dealkylation sites (tertiary alicyclic amines) is 2. The third-order valence-corrected chi connectivity index (χ3v) is 5.14. The van der Waals surface area contributed by atoms with E-state index in [1.165, 1.54) is 14.2 Å². The van der Waals surface area contributed by atoms with Crippen LogP contribution in [0.1, 0.15) is 25.7 Å². The lowest BCUT2D eigenvalue weighted by atomic mass is 10.2. The molecular weight excluding hydrogens is 308 g/mol. The summed E-state index contributed by atoms with van der Waals surface area (Å²) >= 11 is 6.44. The Balaban J connectivity index is 1.79. The molecule has 0 amide bonds. The number of rotatable bonds is 4. The zero-order valence-electron chi connectivity index (χ0n) is 12.9. The van der Waals surface area contributed by atoms with Crippen molar-refractivity contribution in [1.29, 1.82) is 0 Å². The van der Waals surface area contributed by atoms with Crippen LogP contribution in [-0.2, 0) is 19.1 Å². The highest BCUT2D eigenvalue weighted by atomic mass is 35.5. The highest BCUT2D eigenvalue weighted by Gasteiger charge is 2.50. The van der Waals surface area contributed by atoms with E-state index >= 15 is 0 Å². The molecule has 2 heterocycles. The van der Waals surface area contributed by atoms with Gasteiger partial charge in [-0.05, 0) is 25.7 Å². The van der Waals surface area contributed by atoms with Crippen molar-refractivity contribution in [3.63, 3.8) is 0 Å². The van der Waals surface area contributed by atoms with Gasteiger partial charge in [-0.2, -0.15) is 0 Å². The molecule has 0 N–H and O–H groups in total. The summed E-state index contributed by atoms with van der Waals surface area (Å²) in [5, 5.41) is -0.212. The molecule has 2 saturated heterocycles. The molecule has 1 aliphatic carbocycles. The van der Waals surface area contributed by atoms with Crippen LogP contribution in [0.25, 0.3) is 0 Å². The monoisotopic (exact) mass is 328 g/mol. The molecular formula is C15H21ClN2O4. The van der Waals surface area contributed by atoms with Crippen molar-refractivity contribution >= 4 is 23.5 Å². The average Bonchev–Trinajstić information content (AvgIpc) is 2.97. The molecule has 7 heteroatoms. The van der Waals surface area contributed by atoms with Crippen molar-refractivity contribution in [2.24, 2.45) is 0 Å². The number of hydrogen-bond acceptors (Lipinski definition) is 6. The molecule has 22 heavy (non-hydrogen) atoms. The first-order valence-corrected chi connectivity index (χ1v) is 8.10. The van der Waals surface area contributed by atoms with Crippen LogP contribution >= 0.6 is 11.6 Å². The summed E-state index contributed by atoms with van der Waals surface area (Å²) in [6.45, 7) is 1.61. The van der Waals surface area contributed by atoms with Crippen molar-refractivity contribution in [3.8, 4) is 0 Å². The van der Waals surface area contributed by atoms with Crippen LogP contribution in [0.15, 0.2) is 11.4 Å².